The number of piperidine rings is 1. The summed E-state index contributed by atoms with van der Waals surface area (Å²) in [7, 11) is 1.73. The molecule has 1 saturated carbocycles. The second-order valence-electron chi connectivity index (χ2n) is 6.53. The Bertz CT molecular complexity index is 472. The lowest BCUT2D eigenvalue weighted by Crippen LogP contribution is -2.46. The second kappa shape index (κ2) is 6.80. The Balaban J connectivity index is 1.78. The van der Waals surface area contributed by atoms with Gasteiger partial charge in [0.25, 0.3) is 0 Å². The lowest BCUT2D eigenvalue weighted by molar-refractivity contribution is 0.0541. The highest BCUT2D eigenvalue weighted by Gasteiger charge is 2.33. The highest BCUT2D eigenvalue weighted by atomic mass is 16.5. The molecular formula is C18H27NO2. The summed E-state index contributed by atoms with van der Waals surface area (Å²) in [4.78, 5) is 2.66. The van der Waals surface area contributed by atoms with Crippen LogP contribution in [0.25, 0.3) is 0 Å². The van der Waals surface area contributed by atoms with Crippen molar-refractivity contribution in [1.82, 2.24) is 4.90 Å². The van der Waals surface area contributed by atoms with Gasteiger partial charge in [-0.1, -0.05) is 18.9 Å². The van der Waals surface area contributed by atoms with E-state index in [1.165, 1.54) is 50.6 Å². The van der Waals surface area contributed by atoms with Crippen LogP contribution in [0.4, 0.5) is 0 Å². The Hall–Kier alpha value is -1.06. The summed E-state index contributed by atoms with van der Waals surface area (Å²) in [6.45, 7) is 2.26. The lowest BCUT2D eigenvalue weighted by Gasteiger charge is -2.44. The minimum Gasteiger partial charge on any atom is -0.496 e. The van der Waals surface area contributed by atoms with Gasteiger partial charge in [-0.2, -0.15) is 0 Å². The predicted molar refractivity (Wildman–Crippen MR) is 84.3 cm³/mol. The van der Waals surface area contributed by atoms with Gasteiger partial charge in [0.2, 0.25) is 0 Å². The van der Waals surface area contributed by atoms with E-state index in [9.17, 15) is 5.11 Å². The van der Waals surface area contributed by atoms with Crippen LogP contribution in [0.1, 0.15) is 49.7 Å². The minimum absolute atomic E-state index is 0.100. The van der Waals surface area contributed by atoms with Crippen molar-refractivity contribution in [2.24, 2.45) is 5.92 Å². The van der Waals surface area contributed by atoms with Crippen LogP contribution in [0.15, 0.2) is 18.2 Å². The molecule has 1 N–H and O–H groups in total. The monoisotopic (exact) mass is 289 g/mol. The van der Waals surface area contributed by atoms with Crippen molar-refractivity contribution in [1.29, 1.82) is 0 Å². The molecule has 1 aliphatic carbocycles. The molecule has 0 radical (unpaired) electrons. The average molecular weight is 289 g/mol. The van der Waals surface area contributed by atoms with Gasteiger partial charge >= 0.3 is 0 Å². The molecule has 0 amide bonds. The summed E-state index contributed by atoms with van der Waals surface area (Å²) >= 11 is 0. The largest absolute Gasteiger partial charge is 0.496 e. The highest BCUT2D eigenvalue weighted by Crippen LogP contribution is 2.36. The number of aliphatic hydroxyl groups excluding tert-OH is 1. The van der Waals surface area contributed by atoms with Crippen LogP contribution in [0.5, 0.6) is 5.75 Å². The van der Waals surface area contributed by atoms with E-state index in [0.29, 0.717) is 0 Å². The minimum atomic E-state index is 0.100. The molecule has 1 saturated heterocycles. The van der Waals surface area contributed by atoms with Gasteiger partial charge in [-0.15, -0.1) is 0 Å². The van der Waals surface area contributed by atoms with Crippen molar-refractivity contribution in [3.05, 3.63) is 29.3 Å². The number of likely N-dealkylation sites (tertiary alicyclic amines) is 1. The van der Waals surface area contributed by atoms with Gasteiger partial charge < -0.3 is 9.84 Å². The summed E-state index contributed by atoms with van der Waals surface area (Å²) in [5.41, 5.74) is 2.19. The number of methoxy groups -OCH3 is 1. The zero-order valence-corrected chi connectivity index (χ0v) is 13.1. The van der Waals surface area contributed by atoms with Crippen molar-refractivity contribution in [2.75, 3.05) is 13.7 Å². The Morgan fingerprint density at radius 1 is 1.19 bits per heavy atom. The van der Waals surface area contributed by atoms with Gasteiger partial charge in [0.05, 0.1) is 13.7 Å². The van der Waals surface area contributed by atoms with E-state index >= 15 is 0 Å². The first-order chi connectivity index (χ1) is 10.3. The van der Waals surface area contributed by atoms with Crippen molar-refractivity contribution in [3.63, 3.8) is 0 Å². The molecule has 3 heteroatoms. The van der Waals surface area contributed by atoms with Crippen LogP contribution in [-0.2, 0) is 13.2 Å². The second-order valence-corrected chi connectivity index (χ2v) is 6.53. The quantitative estimate of drug-likeness (QED) is 0.922. The van der Waals surface area contributed by atoms with Gasteiger partial charge in [-0.3, -0.25) is 4.90 Å². The van der Waals surface area contributed by atoms with Crippen LogP contribution in [0, 0.1) is 5.92 Å². The number of rotatable bonds is 4. The zero-order chi connectivity index (χ0) is 14.7. The number of hydrogen-bond acceptors (Lipinski definition) is 3. The Morgan fingerprint density at radius 3 is 2.81 bits per heavy atom. The first-order valence-electron chi connectivity index (χ1n) is 8.32. The fraction of sp³-hybridized carbons (Fsp3) is 0.667. The van der Waals surface area contributed by atoms with Gasteiger partial charge in [-0.25, -0.2) is 0 Å². The van der Waals surface area contributed by atoms with Gasteiger partial charge in [0, 0.05) is 18.2 Å². The third-order valence-electron chi connectivity index (χ3n) is 5.26. The van der Waals surface area contributed by atoms with E-state index in [1.54, 1.807) is 7.11 Å². The molecule has 116 valence electrons. The molecule has 0 bridgehead atoms. The molecule has 2 atom stereocenters. The summed E-state index contributed by atoms with van der Waals surface area (Å²) in [5.74, 6) is 1.85. The van der Waals surface area contributed by atoms with E-state index in [4.69, 9.17) is 4.74 Å². The van der Waals surface area contributed by atoms with Gasteiger partial charge in [0.15, 0.2) is 0 Å². The molecule has 2 fully saturated rings. The molecule has 3 nitrogen and oxygen atoms in total. The van der Waals surface area contributed by atoms with E-state index in [1.807, 2.05) is 12.1 Å². The molecule has 1 aromatic rings. The van der Waals surface area contributed by atoms with Crippen LogP contribution >= 0.6 is 0 Å². The highest BCUT2D eigenvalue weighted by molar-refractivity contribution is 5.37. The van der Waals surface area contributed by atoms with Crippen LogP contribution in [0.3, 0.4) is 0 Å². The van der Waals surface area contributed by atoms with Gasteiger partial charge in [0.1, 0.15) is 5.75 Å². The zero-order valence-electron chi connectivity index (χ0n) is 13.1. The predicted octanol–water partition coefficient (Wildman–Crippen LogP) is 3.34. The fourth-order valence-electron chi connectivity index (χ4n) is 4.20. The standard InChI is InChI=1S/C18H27NO2/c1-21-18-9-8-14(13-20)11-16(18)12-19-10-4-6-15-5-2-3-7-17(15)19/h8-9,11,15,17,20H,2-7,10,12-13H2,1H3/t15-,17-/m1/s1. The number of aliphatic hydroxyl groups is 1. The summed E-state index contributed by atoms with van der Waals surface area (Å²) < 4.78 is 5.51. The van der Waals surface area contributed by atoms with Crippen molar-refractivity contribution >= 4 is 0 Å². The molecule has 2 aliphatic rings. The van der Waals surface area contributed by atoms with Crippen molar-refractivity contribution in [2.45, 2.75) is 57.7 Å². The topological polar surface area (TPSA) is 32.7 Å². The number of hydrogen-bond donors (Lipinski definition) is 1. The van der Waals surface area contributed by atoms with E-state index in [0.717, 1.165) is 29.8 Å². The molecular weight excluding hydrogens is 262 g/mol. The normalized spacial score (nSPS) is 26.4. The molecule has 21 heavy (non-hydrogen) atoms. The van der Waals surface area contributed by atoms with Crippen molar-refractivity contribution < 1.29 is 9.84 Å². The SMILES string of the molecule is COc1ccc(CO)cc1CN1CCC[C@H]2CCCC[C@H]21. The molecule has 0 unspecified atom stereocenters. The maximum Gasteiger partial charge on any atom is 0.123 e. The van der Waals surface area contributed by atoms with Crippen LogP contribution in [-0.4, -0.2) is 29.7 Å². The molecule has 0 aromatic heterocycles. The Morgan fingerprint density at radius 2 is 2.00 bits per heavy atom. The lowest BCUT2D eigenvalue weighted by atomic mass is 9.78. The van der Waals surface area contributed by atoms with Crippen LogP contribution in [0.2, 0.25) is 0 Å². The summed E-state index contributed by atoms with van der Waals surface area (Å²) in [5, 5.41) is 9.36. The Labute approximate surface area is 127 Å². The van der Waals surface area contributed by atoms with Crippen molar-refractivity contribution in [3.8, 4) is 5.75 Å². The molecule has 1 heterocycles. The maximum absolute atomic E-state index is 9.36. The third kappa shape index (κ3) is 3.24. The number of benzene rings is 1. The van der Waals surface area contributed by atoms with Gasteiger partial charge in [-0.05, 0) is 55.8 Å². The first kappa shape index (κ1) is 14.9. The molecule has 0 spiro atoms. The Kier molecular flexibility index (Phi) is 4.81. The average Bonchev–Trinajstić information content (AvgIpc) is 2.55. The first-order valence-corrected chi connectivity index (χ1v) is 8.32. The fourth-order valence-corrected chi connectivity index (χ4v) is 4.20. The molecule has 3 rings (SSSR count). The summed E-state index contributed by atoms with van der Waals surface area (Å²) in [6.07, 6.45) is 8.30. The maximum atomic E-state index is 9.36. The summed E-state index contributed by atoms with van der Waals surface area (Å²) in [6, 6.07) is 6.80. The van der Waals surface area contributed by atoms with Crippen LogP contribution < -0.4 is 4.74 Å². The van der Waals surface area contributed by atoms with E-state index < -0.39 is 0 Å². The number of fused-ring (bicyclic) bond motifs is 1. The molecule has 1 aromatic carbocycles. The van der Waals surface area contributed by atoms with E-state index in [-0.39, 0.29) is 6.61 Å². The van der Waals surface area contributed by atoms with E-state index in [2.05, 4.69) is 11.0 Å². The number of ether oxygens (including phenoxy) is 1. The molecule has 1 aliphatic heterocycles. The smallest absolute Gasteiger partial charge is 0.123 e. The third-order valence-corrected chi connectivity index (χ3v) is 5.26. The number of nitrogens with zero attached hydrogens (tertiary/aromatic N) is 1.